The molecule has 0 bridgehead atoms. The van der Waals surface area contributed by atoms with E-state index < -0.39 is 6.04 Å². The fourth-order valence-electron chi connectivity index (χ4n) is 4.13. The molecule has 4 rings (SSSR count). The van der Waals surface area contributed by atoms with Gasteiger partial charge in [-0.1, -0.05) is 54.6 Å². The first kappa shape index (κ1) is 21.6. The molecule has 0 spiro atoms. The summed E-state index contributed by atoms with van der Waals surface area (Å²) < 4.78 is 0. The summed E-state index contributed by atoms with van der Waals surface area (Å²) in [5.74, 6) is -0.690. The highest BCUT2D eigenvalue weighted by atomic mass is 16.2. The smallest absolute Gasteiger partial charge is 0.259 e. The molecule has 0 saturated carbocycles. The third-order valence-corrected chi connectivity index (χ3v) is 5.74. The van der Waals surface area contributed by atoms with Crippen molar-refractivity contribution < 1.29 is 14.4 Å². The number of anilines is 1. The van der Waals surface area contributed by atoms with Crippen LogP contribution in [-0.4, -0.2) is 41.2 Å². The van der Waals surface area contributed by atoms with Crippen LogP contribution >= 0.6 is 0 Å². The molecule has 1 aliphatic rings. The summed E-state index contributed by atoms with van der Waals surface area (Å²) >= 11 is 0. The van der Waals surface area contributed by atoms with E-state index in [0.717, 1.165) is 22.0 Å². The zero-order chi connectivity index (χ0) is 22.8. The lowest BCUT2D eigenvalue weighted by molar-refractivity contribution is -0.139. The second kappa shape index (κ2) is 8.83. The average molecular weight is 430 g/mol. The number of carbonyl (C=O) groups excluding carboxylic acids is 3. The zero-order valence-electron chi connectivity index (χ0n) is 18.5. The lowest BCUT2D eigenvalue weighted by Crippen LogP contribution is -2.51. The van der Waals surface area contributed by atoms with Crippen LogP contribution in [0.3, 0.4) is 0 Å². The Bertz CT molecular complexity index is 1170. The van der Waals surface area contributed by atoms with Gasteiger partial charge in [0.1, 0.15) is 12.6 Å². The molecule has 3 aromatic rings. The van der Waals surface area contributed by atoms with Crippen molar-refractivity contribution in [2.75, 3.05) is 11.4 Å². The summed E-state index contributed by atoms with van der Waals surface area (Å²) in [4.78, 5) is 42.4. The van der Waals surface area contributed by atoms with Crippen LogP contribution in [0.5, 0.6) is 0 Å². The number of rotatable bonds is 7. The normalized spacial score (nSPS) is 13.5. The van der Waals surface area contributed by atoms with Crippen molar-refractivity contribution >= 4 is 34.2 Å². The van der Waals surface area contributed by atoms with E-state index >= 15 is 0 Å². The van der Waals surface area contributed by atoms with Crippen molar-refractivity contribution in [1.82, 2.24) is 10.2 Å². The fourth-order valence-corrected chi connectivity index (χ4v) is 4.13. The van der Waals surface area contributed by atoms with Crippen LogP contribution in [0.25, 0.3) is 10.8 Å². The van der Waals surface area contributed by atoms with E-state index in [1.165, 1.54) is 4.90 Å². The second-order valence-corrected chi connectivity index (χ2v) is 8.42. The third-order valence-electron chi connectivity index (χ3n) is 5.74. The Morgan fingerprint density at radius 2 is 1.62 bits per heavy atom. The van der Waals surface area contributed by atoms with Crippen LogP contribution in [0, 0.1) is 0 Å². The fraction of sp³-hybridized carbons (Fsp3) is 0.269. The van der Waals surface area contributed by atoms with Gasteiger partial charge in [-0.15, -0.1) is 0 Å². The Morgan fingerprint density at radius 3 is 2.31 bits per heavy atom. The summed E-state index contributed by atoms with van der Waals surface area (Å²) in [6.07, 6.45) is 0. The first-order valence-corrected chi connectivity index (χ1v) is 10.8. The first-order valence-electron chi connectivity index (χ1n) is 10.8. The molecule has 0 aliphatic carbocycles. The predicted octanol–water partition coefficient (Wildman–Crippen LogP) is 3.74. The van der Waals surface area contributed by atoms with Crippen molar-refractivity contribution in [2.24, 2.45) is 0 Å². The van der Waals surface area contributed by atoms with Crippen molar-refractivity contribution in [3.8, 4) is 0 Å². The Hall–Kier alpha value is -3.67. The molecule has 3 aromatic carbocycles. The van der Waals surface area contributed by atoms with Gasteiger partial charge in [0.15, 0.2) is 0 Å². The van der Waals surface area contributed by atoms with Gasteiger partial charge >= 0.3 is 0 Å². The summed E-state index contributed by atoms with van der Waals surface area (Å²) in [7, 11) is 0. The molecule has 1 aliphatic heterocycles. The molecule has 0 saturated heterocycles. The molecule has 3 amide bonds. The van der Waals surface area contributed by atoms with Gasteiger partial charge in [-0.25, -0.2) is 0 Å². The lowest BCUT2D eigenvalue weighted by atomic mass is 10.1. The third kappa shape index (κ3) is 4.08. The summed E-state index contributed by atoms with van der Waals surface area (Å²) in [5.41, 5.74) is 2.25. The van der Waals surface area contributed by atoms with E-state index in [2.05, 4.69) is 5.32 Å². The van der Waals surface area contributed by atoms with Crippen LogP contribution in [-0.2, 0) is 16.1 Å². The molecule has 1 unspecified atom stereocenters. The molecular weight excluding hydrogens is 402 g/mol. The largest absolute Gasteiger partial charge is 0.352 e. The van der Waals surface area contributed by atoms with Crippen molar-refractivity contribution in [2.45, 2.75) is 39.4 Å². The van der Waals surface area contributed by atoms with Crippen molar-refractivity contribution in [3.05, 3.63) is 77.9 Å². The quantitative estimate of drug-likeness (QED) is 0.622. The van der Waals surface area contributed by atoms with Gasteiger partial charge in [0.2, 0.25) is 11.8 Å². The maximum Gasteiger partial charge on any atom is 0.259 e. The van der Waals surface area contributed by atoms with Crippen LogP contribution in [0.15, 0.2) is 66.7 Å². The number of hydrogen-bond acceptors (Lipinski definition) is 3. The minimum Gasteiger partial charge on any atom is -0.352 e. The zero-order valence-corrected chi connectivity index (χ0v) is 18.5. The van der Waals surface area contributed by atoms with Gasteiger partial charge in [-0.05, 0) is 43.9 Å². The van der Waals surface area contributed by atoms with Crippen molar-refractivity contribution in [1.29, 1.82) is 0 Å². The number of nitrogens with zero attached hydrogens (tertiary/aromatic N) is 2. The number of carbonyl (C=O) groups is 3. The predicted molar refractivity (Wildman–Crippen MR) is 125 cm³/mol. The number of benzene rings is 3. The molecule has 6 heteroatoms. The number of hydrogen-bond donors (Lipinski definition) is 1. The van der Waals surface area contributed by atoms with Gasteiger partial charge in [0, 0.05) is 23.5 Å². The minimum absolute atomic E-state index is 0.0362. The standard InChI is InChI=1S/C26H27N3O3/c1-17(2)27-25(31)18(3)28(15-19-9-5-4-6-10-19)23(30)16-29-22-14-8-12-20-11-7-13-21(24(20)22)26(29)32/h4-14,17-18H,15-16H2,1-3H3,(H,27,31). The van der Waals surface area contributed by atoms with E-state index in [1.54, 1.807) is 17.9 Å². The van der Waals surface area contributed by atoms with Crippen LogP contribution < -0.4 is 10.2 Å². The molecule has 1 N–H and O–H groups in total. The molecule has 0 fully saturated rings. The van der Waals surface area contributed by atoms with Crippen LogP contribution in [0.2, 0.25) is 0 Å². The highest BCUT2D eigenvalue weighted by Gasteiger charge is 2.34. The van der Waals surface area contributed by atoms with Gasteiger partial charge in [0.05, 0.1) is 5.69 Å². The molecule has 32 heavy (non-hydrogen) atoms. The van der Waals surface area contributed by atoms with E-state index in [1.807, 2.05) is 74.5 Å². The van der Waals surface area contributed by atoms with Crippen LogP contribution in [0.1, 0.15) is 36.7 Å². The Balaban J connectivity index is 1.62. The Labute approximate surface area is 187 Å². The van der Waals surface area contributed by atoms with E-state index in [4.69, 9.17) is 0 Å². The molecule has 0 radical (unpaired) electrons. The molecule has 164 valence electrons. The average Bonchev–Trinajstić information content (AvgIpc) is 3.05. The van der Waals surface area contributed by atoms with Gasteiger partial charge in [-0.3, -0.25) is 19.3 Å². The van der Waals surface area contributed by atoms with E-state index in [9.17, 15) is 14.4 Å². The van der Waals surface area contributed by atoms with E-state index in [-0.39, 0.29) is 36.9 Å². The molecule has 1 atom stereocenters. The molecular formula is C26H27N3O3. The highest BCUT2D eigenvalue weighted by Crippen LogP contribution is 2.37. The Morgan fingerprint density at radius 1 is 0.938 bits per heavy atom. The second-order valence-electron chi connectivity index (χ2n) is 8.42. The van der Waals surface area contributed by atoms with E-state index in [0.29, 0.717) is 5.56 Å². The lowest BCUT2D eigenvalue weighted by Gasteiger charge is -2.31. The summed E-state index contributed by atoms with van der Waals surface area (Å²) in [6.45, 7) is 5.65. The highest BCUT2D eigenvalue weighted by molar-refractivity contribution is 6.26. The topological polar surface area (TPSA) is 69.7 Å². The first-order chi connectivity index (χ1) is 15.4. The molecule has 6 nitrogen and oxygen atoms in total. The van der Waals surface area contributed by atoms with Crippen molar-refractivity contribution in [3.63, 3.8) is 0 Å². The monoisotopic (exact) mass is 429 g/mol. The maximum absolute atomic E-state index is 13.5. The van der Waals surface area contributed by atoms with Gasteiger partial charge in [-0.2, -0.15) is 0 Å². The maximum atomic E-state index is 13.5. The minimum atomic E-state index is -0.680. The van der Waals surface area contributed by atoms with Crippen LogP contribution in [0.4, 0.5) is 5.69 Å². The SMILES string of the molecule is CC(C)NC(=O)C(C)N(Cc1ccccc1)C(=O)CN1C(=O)c2cccc3cccc1c23. The van der Waals surface area contributed by atoms with Gasteiger partial charge in [0.25, 0.3) is 5.91 Å². The Kier molecular flexibility index (Phi) is 5.95. The number of nitrogens with one attached hydrogen (secondary N) is 1. The summed E-state index contributed by atoms with van der Waals surface area (Å²) in [6, 6.07) is 20.1. The molecule has 0 aromatic heterocycles. The molecule has 1 heterocycles. The number of amides is 3. The van der Waals surface area contributed by atoms with Gasteiger partial charge < -0.3 is 10.2 Å². The summed E-state index contributed by atoms with van der Waals surface area (Å²) in [5, 5.41) is 4.72.